The van der Waals surface area contributed by atoms with Gasteiger partial charge in [-0.1, -0.05) is 28.1 Å². The van der Waals surface area contributed by atoms with Crippen molar-refractivity contribution in [2.24, 2.45) is 0 Å². The van der Waals surface area contributed by atoms with Crippen LogP contribution in [0.1, 0.15) is 32.9 Å². The number of anilines is 1. The molecule has 0 aliphatic carbocycles. The number of carboxylic acids is 1. The molecular formula is C25H20BrN3O5. The summed E-state index contributed by atoms with van der Waals surface area (Å²) in [7, 11) is 0. The SMILES string of the molecule is Cc1cc(N2C(=O)NC(=O)/C(=C\c3cc(C)n(-c4ccccc4C(=O)O)c3C)C2=O)ccc1Br. The topological polar surface area (TPSA) is 109 Å². The Morgan fingerprint density at radius 2 is 1.74 bits per heavy atom. The standard InChI is InChI=1S/C25H20BrN3O5/c1-13-10-17(8-9-20(13)26)29-23(31)19(22(30)27-25(29)34)12-16-11-14(2)28(15(16)3)21-7-5-4-6-18(21)24(32)33/h4-12H,1-3H3,(H,32,33)(H,27,30,34)/b19-12+. The summed E-state index contributed by atoms with van der Waals surface area (Å²) in [6.07, 6.45) is 1.42. The maximum Gasteiger partial charge on any atom is 0.337 e. The second-order valence-electron chi connectivity index (χ2n) is 7.88. The molecule has 0 radical (unpaired) electrons. The quantitative estimate of drug-likeness (QED) is 0.387. The van der Waals surface area contributed by atoms with Crippen LogP contribution in [0, 0.1) is 20.8 Å². The monoisotopic (exact) mass is 521 g/mol. The van der Waals surface area contributed by atoms with Crippen LogP contribution in [0.4, 0.5) is 10.5 Å². The summed E-state index contributed by atoms with van der Waals surface area (Å²) in [4.78, 5) is 51.0. The van der Waals surface area contributed by atoms with E-state index in [0.29, 0.717) is 22.6 Å². The number of carbonyl (C=O) groups excluding carboxylic acids is 3. The van der Waals surface area contributed by atoms with Crippen molar-refractivity contribution in [3.05, 3.63) is 86.7 Å². The lowest BCUT2D eigenvalue weighted by Gasteiger charge is -2.26. The molecule has 34 heavy (non-hydrogen) atoms. The Balaban J connectivity index is 1.80. The van der Waals surface area contributed by atoms with Crippen LogP contribution in [0.3, 0.4) is 0 Å². The highest BCUT2D eigenvalue weighted by Crippen LogP contribution is 2.29. The molecule has 1 aliphatic heterocycles. The molecule has 4 amide bonds. The second kappa shape index (κ2) is 8.75. The van der Waals surface area contributed by atoms with Gasteiger partial charge in [-0.2, -0.15) is 0 Å². The third-order valence-electron chi connectivity index (χ3n) is 5.65. The van der Waals surface area contributed by atoms with E-state index in [-0.39, 0.29) is 11.1 Å². The van der Waals surface area contributed by atoms with Gasteiger partial charge in [-0.05, 0) is 74.4 Å². The van der Waals surface area contributed by atoms with Crippen LogP contribution >= 0.6 is 15.9 Å². The third kappa shape index (κ3) is 3.94. The zero-order chi connectivity index (χ0) is 24.7. The fourth-order valence-electron chi connectivity index (χ4n) is 3.97. The van der Waals surface area contributed by atoms with E-state index in [1.54, 1.807) is 60.9 Å². The minimum absolute atomic E-state index is 0.123. The summed E-state index contributed by atoms with van der Waals surface area (Å²) in [5, 5.41) is 11.8. The summed E-state index contributed by atoms with van der Waals surface area (Å²) in [5.74, 6) is -2.61. The number of aryl methyl sites for hydroxylation is 2. The highest BCUT2D eigenvalue weighted by molar-refractivity contribution is 9.10. The van der Waals surface area contributed by atoms with E-state index in [2.05, 4.69) is 21.2 Å². The predicted octanol–water partition coefficient (Wildman–Crippen LogP) is 4.53. The molecule has 1 aliphatic rings. The smallest absolute Gasteiger partial charge is 0.337 e. The molecule has 1 aromatic heterocycles. The van der Waals surface area contributed by atoms with Crippen LogP contribution in [-0.4, -0.2) is 33.5 Å². The van der Waals surface area contributed by atoms with E-state index in [4.69, 9.17) is 0 Å². The Kier molecular flexibility index (Phi) is 5.97. The van der Waals surface area contributed by atoms with Crippen molar-refractivity contribution in [1.29, 1.82) is 0 Å². The van der Waals surface area contributed by atoms with Crippen molar-refractivity contribution in [3.63, 3.8) is 0 Å². The van der Waals surface area contributed by atoms with Gasteiger partial charge in [0.25, 0.3) is 11.8 Å². The number of nitrogens with zero attached hydrogens (tertiary/aromatic N) is 2. The van der Waals surface area contributed by atoms with Gasteiger partial charge in [0.15, 0.2) is 0 Å². The van der Waals surface area contributed by atoms with Crippen LogP contribution in [0.25, 0.3) is 11.8 Å². The molecule has 0 bridgehead atoms. The molecule has 4 rings (SSSR count). The molecular weight excluding hydrogens is 502 g/mol. The van der Waals surface area contributed by atoms with Crippen LogP contribution in [0.5, 0.6) is 0 Å². The summed E-state index contributed by atoms with van der Waals surface area (Å²) < 4.78 is 2.57. The van der Waals surface area contributed by atoms with Gasteiger partial charge in [0.1, 0.15) is 5.57 Å². The number of nitrogens with one attached hydrogen (secondary N) is 1. The van der Waals surface area contributed by atoms with Gasteiger partial charge in [0.05, 0.1) is 16.9 Å². The Hall–Kier alpha value is -3.98. The maximum absolute atomic E-state index is 13.2. The molecule has 0 unspecified atom stereocenters. The minimum Gasteiger partial charge on any atom is -0.478 e. The van der Waals surface area contributed by atoms with Crippen molar-refractivity contribution in [2.75, 3.05) is 4.90 Å². The molecule has 3 aromatic rings. The molecule has 1 saturated heterocycles. The van der Waals surface area contributed by atoms with Gasteiger partial charge in [0, 0.05) is 15.9 Å². The number of para-hydroxylation sites is 1. The summed E-state index contributed by atoms with van der Waals surface area (Å²) in [6.45, 7) is 5.40. The van der Waals surface area contributed by atoms with Gasteiger partial charge in [-0.3, -0.25) is 14.9 Å². The van der Waals surface area contributed by atoms with E-state index >= 15 is 0 Å². The van der Waals surface area contributed by atoms with Gasteiger partial charge >= 0.3 is 12.0 Å². The molecule has 9 heteroatoms. The van der Waals surface area contributed by atoms with Crippen molar-refractivity contribution in [2.45, 2.75) is 20.8 Å². The largest absolute Gasteiger partial charge is 0.478 e. The Morgan fingerprint density at radius 3 is 2.41 bits per heavy atom. The summed E-state index contributed by atoms with van der Waals surface area (Å²) in [5.41, 5.74) is 3.46. The van der Waals surface area contributed by atoms with E-state index in [0.717, 1.165) is 20.6 Å². The number of halogens is 1. The summed E-state index contributed by atoms with van der Waals surface area (Å²) in [6, 6.07) is 12.5. The zero-order valence-corrected chi connectivity index (χ0v) is 20.1. The summed E-state index contributed by atoms with van der Waals surface area (Å²) >= 11 is 3.39. The third-order valence-corrected chi connectivity index (χ3v) is 6.54. The average molecular weight is 522 g/mol. The Labute approximate surface area is 203 Å². The zero-order valence-electron chi connectivity index (χ0n) is 18.5. The maximum atomic E-state index is 13.2. The molecule has 2 heterocycles. The molecule has 0 spiro atoms. The normalized spacial score (nSPS) is 15.1. The highest BCUT2D eigenvalue weighted by Gasteiger charge is 2.37. The number of barbiturate groups is 1. The number of imide groups is 2. The molecule has 2 N–H and O–H groups in total. The first kappa shape index (κ1) is 23.2. The van der Waals surface area contributed by atoms with Gasteiger partial charge < -0.3 is 9.67 Å². The number of hydrogen-bond donors (Lipinski definition) is 2. The average Bonchev–Trinajstić information content (AvgIpc) is 3.06. The van der Waals surface area contributed by atoms with Crippen LogP contribution in [0.2, 0.25) is 0 Å². The van der Waals surface area contributed by atoms with Gasteiger partial charge in [-0.25, -0.2) is 14.5 Å². The first-order chi connectivity index (χ1) is 16.1. The molecule has 1 fully saturated rings. The van der Waals surface area contributed by atoms with Crippen molar-refractivity contribution >= 4 is 51.5 Å². The number of carboxylic acid groups (broad SMARTS) is 1. The lowest BCUT2D eigenvalue weighted by Crippen LogP contribution is -2.54. The fourth-order valence-corrected chi connectivity index (χ4v) is 4.22. The first-order valence-corrected chi connectivity index (χ1v) is 11.1. The lowest BCUT2D eigenvalue weighted by molar-refractivity contribution is -0.122. The van der Waals surface area contributed by atoms with E-state index in [1.807, 2.05) is 6.92 Å². The number of urea groups is 1. The van der Waals surface area contributed by atoms with E-state index in [1.165, 1.54) is 12.1 Å². The molecule has 8 nitrogen and oxygen atoms in total. The number of hydrogen-bond acceptors (Lipinski definition) is 4. The van der Waals surface area contributed by atoms with Crippen LogP contribution < -0.4 is 10.2 Å². The number of aromatic nitrogens is 1. The van der Waals surface area contributed by atoms with E-state index in [9.17, 15) is 24.3 Å². The molecule has 0 saturated carbocycles. The van der Waals surface area contributed by atoms with Crippen molar-refractivity contribution in [1.82, 2.24) is 9.88 Å². The van der Waals surface area contributed by atoms with Gasteiger partial charge in [0.2, 0.25) is 0 Å². The van der Waals surface area contributed by atoms with Crippen LogP contribution in [-0.2, 0) is 9.59 Å². The van der Waals surface area contributed by atoms with Crippen molar-refractivity contribution < 1.29 is 24.3 Å². The number of carbonyl (C=O) groups is 4. The Bertz CT molecular complexity index is 1420. The predicted molar refractivity (Wildman–Crippen MR) is 130 cm³/mol. The van der Waals surface area contributed by atoms with Crippen LogP contribution in [0.15, 0.2) is 58.6 Å². The molecule has 172 valence electrons. The number of benzene rings is 2. The Morgan fingerprint density at radius 1 is 1.03 bits per heavy atom. The highest BCUT2D eigenvalue weighted by atomic mass is 79.9. The lowest BCUT2D eigenvalue weighted by atomic mass is 10.1. The molecule has 2 aromatic carbocycles. The van der Waals surface area contributed by atoms with Gasteiger partial charge in [-0.15, -0.1) is 0 Å². The second-order valence-corrected chi connectivity index (χ2v) is 8.73. The minimum atomic E-state index is -1.07. The first-order valence-electron chi connectivity index (χ1n) is 10.3. The number of rotatable bonds is 4. The number of amides is 4. The van der Waals surface area contributed by atoms with E-state index < -0.39 is 23.8 Å². The van der Waals surface area contributed by atoms with Crippen molar-refractivity contribution in [3.8, 4) is 5.69 Å². The fraction of sp³-hybridized carbons (Fsp3) is 0.120. The number of aromatic carboxylic acids is 1. The molecule has 0 atom stereocenters.